The molecule has 1 N–H and O–H groups in total. The van der Waals surface area contributed by atoms with Crippen LogP contribution in [-0.2, 0) is 4.79 Å². The second-order valence-electron chi connectivity index (χ2n) is 5.76. The van der Waals surface area contributed by atoms with E-state index in [0.717, 1.165) is 12.1 Å². The molecule has 2 rings (SSSR count). The van der Waals surface area contributed by atoms with Gasteiger partial charge in [0.1, 0.15) is 5.69 Å². The van der Waals surface area contributed by atoms with E-state index in [2.05, 4.69) is 0 Å². The van der Waals surface area contributed by atoms with Gasteiger partial charge in [-0.15, -0.1) is 0 Å². The first kappa shape index (κ1) is 22.6. The van der Waals surface area contributed by atoms with Gasteiger partial charge in [0.15, 0.2) is 0 Å². The van der Waals surface area contributed by atoms with Gasteiger partial charge in [0.25, 0.3) is 11.6 Å². The minimum Gasteiger partial charge on any atom is -0.317 e. The van der Waals surface area contributed by atoms with Crippen molar-refractivity contribution in [3.8, 4) is 0 Å². The molecular weight excluding hydrogens is 441 g/mol. The van der Waals surface area contributed by atoms with Gasteiger partial charge in [-0.05, 0) is 6.07 Å². The Hall–Kier alpha value is -2.68. The minimum atomic E-state index is -7.47. The van der Waals surface area contributed by atoms with Crippen LogP contribution in [-0.4, -0.2) is 46.1 Å². The molecule has 1 amide bonds. The van der Waals surface area contributed by atoms with Crippen LogP contribution in [0.2, 0.25) is 0 Å². The summed E-state index contributed by atoms with van der Waals surface area (Å²) in [6, 6.07) is 2.60. The second-order valence-corrected chi connectivity index (χ2v) is 5.76. The predicted molar refractivity (Wildman–Crippen MR) is 70.3 cm³/mol. The minimum absolute atomic E-state index is 0.420. The van der Waals surface area contributed by atoms with Crippen molar-refractivity contribution in [1.82, 2.24) is 0 Å². The highest BCUT2D eigenvalue weighted by Gasteiger charge is 3.02. The fraction of sp³-hybridized carbons (Fsp3) is 0.462. The lowest BCUT2D eigenvalue weighted by Crippen LogP contribution is -2.86. The zero-order valence-corrected chi connectivity index (χ0v) is 13.1. The van der Waals surface area contributed by atoms with Crippen LogP contribution in [0.25, 0.3) is 0 Å². The van der Waals surface area contributed by atoms with Crippen LogP contribution in [0, 0.1) is 10.1 Å². The normalized spacial score (nSPS) is 25.1. The molecule has 0 heterocycles. The van der Waals surface area contributed by atoms with Gasteiger partial charge >= 0.3 is 35.3 Å². The van der Waals surface area contributed by atoms with E-state index in [1.54, 1.807) is 0 Å². The van der Waals surface area contributed by atoms with Gasteiger partial charge in [0.2, 0.25) is 0 Å². The predicted octanol–water partition coefficient (Wildman–Crippen LogP) is 4.43. The van der Waals surface area contributed by atoms with Crippen molar-refractivity contribution in [2.24, 2.45) is 0 Å². The van der Waals surface area contributed by atoms with Crippen molar-refractivity contribution >= 4 is 17.3 Å². The number of hydrogen-bond donors (Lipinski definition) is 1. The van der Waals surface area contributed by atoms with Gasteiger partial charge in [0, 0.05) is 6.07 Å². The van der Waals surface area contributed by atoms with Crippen LogP contribution in [0.4, 0.5) is 59.7 Å². The second kappa shape index (κ2) is 5.91. The highest BCUT2D eigenvalue weighted by atomic mass is 19.4. The van der Waals surface area contributed by atoms with Gasteiger partial charge in [-0.2, -0.15) is 43.9 Å². The van der Waals surface area contributed by atoms with Gasteiger partial charge in [-0.1, -0.05) is 12.1 Å². The first-order chi connectivity index (χ1) is 12.8. The fourth-order valence-corrected chi connectivity index (χ4v) is 2.45. The Balaban J connectivity index is 2.72. The van der Waals surface area contributed by atoms with Crippen LogP contribution in [0.5, 0.6) is 0 Å². The zero-order chi connectivity index (χ0) is 22.8. The maximum absolute atomic E-state index is 14.5. The highest BCUT2D eigenvalue weighted by Crippen LogP contribution is 2.69. The zero-order valence-electron chi connectivity index (χ0n) is 13.1. The number of alkyl halides is 11. The molecule has 1 fully saturated rings. The topological polar surface area (TPSA) is 72.2 Å². The number of anilines is 1. The van der Waals surface area contributed by atoms with Crippen LogP contribution < -0.4 is 5.32 Å². The first-order valence-corrected chi connectivity index (χ1v) is 6.95. The molecule has 0 radical (unpaired) electrons. The summed E-state index contributed by atoms with van der Waals surface area (Å²) in [6.07, 6.45) is 0. The molecule has 1 aliphatic rings. The Kier molecular flexibility index (Phi) is 4.61. The first-order valence-electron chi connectivity index (χ1n) is 6.95. The number of halogens is 11. The summed E-state index contributed by atoms with van der Waals surface area (Å²) in [7, 11) is 0. The molecule has 1 aromatic rings. The van der Waals surface area contributed by atoms with E-state index < -0.39 is 57.5 Å². The van der Waals surface area contributed by atoms with E-state index in [4.69, 9.17) is 0 Å². The number of rotatable bonds is 3. The number of carbonyl (C=O) groups is 1. The molecular formula is C13H5F11N2O3. The summed E-state index contributed by atoms with van der Waals surface area (Å²) in [5.41, 5.74) is -9.54. The summed E-state index contributed by atoms with van der Waals surface area (Å²) in [5.74, 6) is -40.8. The van der Waals surface area contributed by atoms with Crippen molar-refractivity contribution in [1.29, 1.82) is 0 Å². The van der Waals surface area contributed by atoms with Crippen molar-refractivity contribution in [3.05, 3.63) is 34.4 Å². The third-order valence-corrected chi connectivity index (χ3v) is 4.10. The molecule has 1 aromatic carbocycles. The molecule has 5 nitrogen and oxygen atoms in total. The van der Waals surface area contributed by atoms with Gasteiger partial charge in [0.05, 0.1) is 4.92 Å². The average Bonchev–Trinajstić information content (AvgIpc) is 2.59. The number of hydrogen-bond acceptors (Lipinski definition) is 3. The monoisotopic (exact) mass is 446 g/mol. The number of amides is 1. The molecule has 29 heavy (non-hydrogen) atoms. The molecule has 0 unspecified atom stereocenters. The summed E-state index contributed by atoms with van der Waals surface area (Å²) in [5, 5.41) is 11.4. The van der Waals surface area contributed by atoms with Crippen LogP contribution >= 0.6 is 0 Å². The van der Waals surface area contributed by atoms with E-state index in [1.165, 1.54) is 0 Å². The largest absolute Gasteiger partial charge is 0.384 e. The number of nitro benzene ring substituents is 1. The van der Waals surface area contributed by atoms with Crippen molar-refractivity contribution in [2.45, 2.75) is 35.3 Å². The molecule has 16 heteroatoms. The highest BCUT2D eigenvalue weighted by molar-refractivity contribution is 6.01. The lowest BCUT2D eigenvalue weighted by molar-refractivity contribution is -0.475. The number of benzene rings is 1. The Morgan fingerprint density at radius 2 is 1.14 bits per heavy atom. The van der Waals surface area contributed by atoms with E-state index in [1.807, 2.05) is 0 Å². The molecule has 0 saturated heterocycles. The summed E-state index contributed by atoms with van der Waals surface area (Å²) in [4.78, 5) is 21.1. The number of carbonyl (C=O) groups excluding carboxylic acids is 1. The van der Waals surface area contributed by atoms with E-state index in [9.17, 15) is 63.2 Å². The lowest BCUT2D eigenvalue weighted by atomic mass is 9.71. The molecule has 1 saturated carbocycles. The Morgan fingerprint density at radius 1 is 0.759 bits per heavy atom. The molecule has 0 aromatic heterocycles. The van der Waals surface area contributed by atoms with Crippen molar-refractivity contribution in [3.63, 3.8) is 0 Å². The van der Waals surface area contributed by atoms with Crippen molar-refractivity contribution in [2.75, 3.05) is 5.32 Å². The van der Waals surface area contributed by atoms with Gasteiger partial charge in [-0.25, -0.2) is 4.39 Å². The number of nitrogens with one attached hydrogen (secondary N) is 1. The van der Waals surface area contributed by atoms with Crippen LogP contribution in [0.1, 0.15) is 0 Å². The third kappa shape index (κ3) is 2.36. The Bertz CT molecular complexity index is 841. The van der Waals surface area contributed by atoms with Crippen LogP contribution in [0.3, 0.4) is 0 Å². The lowest BCUT2D eigenvalue weighted by Gasteiger charge is -2.51. The quantitative estimate of drug-likeness (QED) is 0.424. The SMILES string of the molecule is O=C(Nc1ccccc1[N+](=O)[O-])C1(F)C(F)(F)C(F)(F)C(F)(F)C(F)(F)C1(F)F. The number of nitrogens with zero attached hydrogens (tertiary/aromatic N) is 1. The third-order valence-electron chi connectivity index (χ3n) is 4.10. The summed E-state index contributed by atoms with van der Waals surface area (Å²) >= 11 is 0. The van der Waals surface area contributed by atoms with Crippen molar-refractivity contribution < 1.29 is 58.0 Å². The smallest absolute Gasteiger partial charge is 0.317 e. The molecule has 0 spiro atoms. The molecule has 162 valence electrons. The van der Waals surface area contributed by atoms with Gasteiger partial charge < -0.3 is 5.32 Å². The van der Waals surface area contributed by atoms with E-state index in [0.29, 0.717) is 17.4 Å². The average molecular weight is 446 g/mol. The number of nitro groups is 1. The molecule has 0 bridgehead atoms. The van der Waals surface area contributed by atoms with Gasteiger partial charge in [-0.3, -0.25) is 14.9 Å². The maximum Gasteiger partial charge on any atom is 0.384 e. The summed E-state index contributed by atoms with van der Waals surface area (Å²) in [6.45, 7) is 0. The Morgan fingerprint density at radius 3 is 1.55 bits per heavy atom. The van der Waals surface area contributed by atoms with Crippen LogP contribution in [0.15, 0.2) is 24.3 Å². The number of para-hydroxylation sites is 2. The molecule has 0 aliphatic heterocycles. The standard InChI is InChI=1S/C13H5F11N2O3/c14-8(7(27)25-5-3-1-2-4-6(5)26(28)29)9(15,16)11(19,20)13(23,24)12(21,22)10(8,17)18/h1-4H,(H,25,27). The van der Waals surface area contributed by atoms with E-state index >= 15 is 0 Å². The Labute approximate surface area is 151 Å². The summed E-state index contributed by atoms with van der Waals surface area (Å²) < 4.78 is 149. The molecule has 1 aliphatic carbocycles. The molecule has 0 atom stereocenters. The van der Waals surface area contributed by atoms with E-state index in [-0.39, 0.29) is 0 Å². The maximum atomic E-state index is 14.5. The fourth-order valence-electron chi connectivity index (χ4n) is 2.45.